The highest BCUT2D eigenvalue weighted by Gasteiger charge is 2.41. The number of nitrogens with zero attached hydrogens (tertiary/aromatic N) is 3. The van der Waals surface area contributed by atoms with E-state index in [1.54, 1.807) is 28.9 Å². The molecule has 1 saturated carbocycles. The highest BCUT2D eigenvalue weighted by atomic mass is 19.3. The molecule has 5 rings (SSSR count). The van der Waals surface area contributed by atoms with Crippen molar-refractivity contribution in [2.45, 2.75) is 30.9 Å². The van der Waals surface area contributed by atoms with E-state index >= 15 is 0 Å². The molecular formula is C23H20F2N4O4. The Balaban J connectivity index is 1.58. The third-order valence-corrected chi connectivity index (χ3v) is 5.91. The highest BCUT2D eigenvalue weighted by molar-refractivity contribution is 6.01. The number of pyridine rings is 1. The molecule has 33 heavy (non-hydrogen) atoms. The number of imidazole rings is 1. The topological polar surface area (TPSA) is 97.9 Å². The van der Waals surface area contributed by atoms with Crippen LogP contribution in [0.2, 0.25) is 0 Å². The summed E-state index contributed by atoms with van der Waals surface area (Å²) in [6.45, 7) is -2.47. The van der Waals surface area contributed by atoms with Gasteiger partial charge in [-0.1, -0.05) is 0 Å². The van der Waals surface area contributed by atoms with Crippen LogP contribution in [0.4, 0.5) is 8.78 Å². The van der Waals surface area contributed by atoms with Gasteiger partial charge in [0.2, 0.25) is 0 Å². The van der Waals surface area contributed by atoms with E-state index in [9.17, 15) is 18.8 Å². The number of methoxy groups -OCH3 is 1. The third kappa shape index (κ3) is 3.74. The molecule has 8 nitrogen and oxygen atoms in total. The van der Waals surface area contributed by atoms with E-state index < -0.39 is 17.9 Å². The van der Waals surface area contributed by atoms with E-state index in [1.807, 2.05) is 6.07 Å². The summed E-state index contributed by atoms with van der Waals surface area (Å²) in [6, 6.07) is 8.93. The zero-order valence-corrected chi connectivity index (χ0v) is 17.7. The fourth-order valence-electron chi connectivity index (χ4n) is 3.89. The average Bonchev–Trinajstić information content (AvgIpc) is 3.47. The molecule has 0 unspecified atom stereocenters. The minimum absolute atomic E-state index is 0.0343. The zero-order valence-electron chi connectivity index (χ0n) is 17.7. The predicted octanol–water partition coefficient (Wildman–Crippen LogP) is 3.30. The van der Waals surface area contributed by atoms with Crippen molar-refractivity contribution < 1.29 is 27.8 Å². The van der Waals surface area contributed by atoms with Gasteiger partial charge in [0.05, 0.1) is 38.3 Å². The first-order valence-electron chi connectivity index (χ1n) is 10.4. The molecule has 1 aliphatic carbocycles. The van der Waals surface area contributed by atoms with Gasteiger partial charge in [-0.3, -0.25) is 9.20 Å². The van der Waals surface area contributed by atoms with Crippen molar-refractivity contribution in [1.29, 1.82) is 5.26 Å². The van der Waals surface area contributed by atoms with Gasteiger partial charge in [0.25, 0.3) is 5.91 Å². The molecule has 0 atom stereocenters. The number of fused-ring (bicyclic) bond motifs is 1. The highest BCUT2D eigenvalue weighted by Crippen LogP contribution is 2.38. The fraction of sp³-hybridized carbons (Fsp3) is 0.348. The minimum atomic E-state index is -3.12. The first kappa shape index (κ1) is 21.2. The smallest absolute Gasteiger partial charge is 0.387 e. The van der Waals surface area contributed by atoms with E-state index in [4.69, 9.17) is 14.2 Å². The Morgan fingerprint density at radius 2 is 2.09 bits per heavy atom. The maximum Gasteiger partial charge on any atom is 0.387 e. The number of carbonyl (C=O) groups is 1. The van der Waals surface area contributed by atoms with Gasteiger partial charge < -0.3 is 19.5 Å². The number of ether oxygens (including phenoxy) is 3. The van der Waals surface area contributed by atoms with Crippen LogP contribution >= 0.6 is 0 Å². The lowest BCUT2D eigenvalue weighted by atomic mass is 9.81. The first-order valence-corrected chi connectivity index (χ1v) is 10.4. The van der Waals surface area contributed by atoms with E-state index in [2.05, 4.69) is 16.4 Å². The SMILES string of the molecule is COc1cc(-c2cnc3cc(C4(C#N)COC4)ccn23)cc(OC(F)F)c1C(=O)NC1CC1. The lowest BCUT2D eigenvalue weighted by molar-refractivity contribution is -0.0502. The number of hydrogen-bond acceptors (Lipinski definition) is 6. The summed E-state index contributed by atoms with van der Waals surface area (Å²) in [7, 11) is 1.36. The minimum Gasteiger partial charge on any atom is -0.496 e. The quantitative estimate of drug-likeness (QED) is 0.588. The van der Waals surface area contributed by atoms with E-state index in [0.29, 0.717) is 30.1 Å². The van der Waals surface area contributed by atoms with Crippen molar-refractivity contribution in [2.24, 2.45) is 0 Å². The number of nitriles is 1. The zero-order chi connectivity index (χ0) is 23.2. The largest absolute Gasteiger partial charge is 0.496 e. The van der Waals surface area contributed by atoms with Crippen LogP contribution in [0.5, 0.6) is 11.5 Å². The summed E-state index contributed by atoms with van der Waals surface area (Å²) in [6.07, 6.45) is 5.04. The van der Waals surface area contributed by atoms with Crippen LogP contribution in [0.3, 0.4) is 0 Å². The molecule has 1 amide bonds. The van der Waals surface area contributed by atoms with E-state index in [0.717, 1.165) is 18.4 Å². The second-order valence-electron chi connectivity index (χ2n) is 8.15. The Hall–Kier alpha value is -3.71. The number of aromatic nitrogens is 2. The van der Waals surface area contributed by atoms with Crippen molar-refractivity contribution in [1.82, 2.24) is 14.7 Å². The molecule has 0 spiro atoms. The van der Waals surface area contributed by atoms with Gasteiger partial charge in [0.15, 0.2) is 0 Å². The second kappa shape index (κ2) is 8.01. The lowest BCUT2D eigenvalue weighted by Gasteiger charge is -2.35. The fourth-order valence-corrected chi connectivity index (χ4v) is 3.89. The van der Waals surface area contributed by atoms with Crippen LogP contribution in [-0.2, 0) is 10.2 Å². The number of rotatable bonds is 7. The number of nitrogens with one attached hydrogen (secondary N) is 1. The van der Waals surface area contributed by atoms with Crippen molar-refractivity contribution >= 4 is 11.6 Å². The predicted molar refractivity (Wildman–Crippen MR) is 112 cm³/mol. The number of carbonyl (C=O) groups excluding carboxylic acids is 1. The Morgan fingerprint density at radius 3 is 2.70 bits per heavy atom. The van der Waals surface area contributed by atoms with Gasteiger partial charge >= 0.3 is 6.61 Å². The van der Waals surface area contributed by atoms with Crippen LogP contribution in [-0.4, -0.2) is 48.3 Å². The molecule has 1 N–H and O–H groups in total. The van der Waals surface area contributed by atoms with E-state index in [-0.39, 0.29) is 23.1 Å². The van der Waals surface area contributed by atoms with Crippen molar-refractivity contribution in [3.63, 3.8) is 0 Å². The number of halogens is 2. The number of alkyl halides is 2. The Morgan fingerprint density at radius 1 is 1.33 bits per heavy atom. The first-order chi connectivity index (χ1) is 15.9. The second-order valence-corrected chi connectivity index (χ2v) is 8.15. The molecule has 2 fully saturated rings. The molecule has 1 saturated heterocycles. The van der Waals surface area contributed by atoms with Gasteiger partial charge in [-0.15, -0.1) is 0 Å². The molecule has 3 aromatic rings. The Kier molecular flexibility index (Phi) is 5.13. The van der Waals surface area contributed by atoms with Gasteiger partial charge in [-0.2, -0.15) is 14.0 Å². The third-order valence-electron chi connectivity index (χ3n) is 5.91. The molecular weight excluding hydrogens is 434 g/mol. The van der Waals surface area contributed by atoms with Crippen LogP contribution in [0.25, 0.3) is 16.9 Å². The molecule has 170 valence electrons. The summed E-state index contributed by atoms with van der Waals surface area (Å²) in [5, 5.41) is 12.3. The average molecular weight is 454 g/mol. The van der Waals surface area contributed by atoms with Crippen molar-refractivity contribution in [3.05, 3.63) is 47.8 Å². The molecule has 2 aliphatic rings. The summed E-state index contributed by atoms with van der Waals surface area (Å²) >= 11 is 0. The van der Waals surface area contributed by atoms with Crippen LogP contribution < -0.4 is 14.8 Å². The molecule has 10 heteroatoms. The van der Waals surface area contributed by atoms with Gasteiger partial charge in [-0.25, -0.2) is 4.98 Å². The monoisotopic (exact) mass is 454 g/mol. The Bertz CT molecular complexity index is 1280. The summed E-state index contributed by atoms with van der Waals surface area (Å²) in [5.41, 5.74) is 1.67. The summed E-state index contributed by atoms with van der Waals surface area (Å²) < 4.78 is 43.4. The number of benzene rings is 1. The Labute approximate surface area is 187 Å². The molecule has 2 aromatic heterocycles. The van der Waals surface area contributed by atoms with Gasteiger partial charge in [0.1, 0.15) is 28.1 Å². The van der Waals surface area contributed by atoms with Crippen molar-refractivity contribution in [2.75, 3.05) is 20.3 Å². The summed E-state index contributed by atoms with van der Waals surface area (Å²) in [5.74, 6) is -0.689. The molecule has 0 bridgehead atoms. The number of amides is 1. The molecule has 1 aromatic carbocycles. The van der Waals surface area contributed by atoms with E-state index in [1.165, 1.54) is 13.2 Å². The molecule has 1 aliphatic heterocycles. The lowest BCUT2D eigenvalue weighted by Crippen LogP contribution is -2.45. The van der Waals surface area contributed by atoms with Crippen LogP contribution in [0.1, 0.15) is 28.8 Å². The molecule has 3 heterocycles. The van der Waals surface area contributed by atoms with Gasteiger partial charge in [0, 0.05) is 17.8 Å². The molecule has 0 radical (unpaired) electrons. The van der Waals surface area contributed by atoms with Crippen molar-refractivity contribution in [3.8, 4) is 28.8 Å². The number of hydrogen-bond donors (Lipinski definition) is 1. The maximum atomic E-state index is 13.2. The maximum absolute atomic E-state index is 13.2. The van der Waals surface area contributed by atoms with Crippen LogP contribution in [0, 0.1) is 11.3 Å². The van der Waals surface area contributed by atoms with Gasteiger partial charge in [-0.05, 0) is 42.7 Å². The normalized spacial score (nSPS) is 16.8. The standard InChI is InChI=1S/C23H20F2N4O4/c1-31-17-6-13(7-18(33-22(24)25)20(17)21(30)28-15-2-3-15)16-9-27-19-8-14(4-5-29(16)19)23(10-26)11-32-12-23/h4-9,15,22H,2-3,11-12H2,1H3,(H,28,30). The summed E-state index contributed by atoms with van der Waals surface area (Å²) in [4.78, 5) is 17.1. The van der Waals surface area contributed by atoms with Crippen LogP contribution in [0.15, 0.2) is 36.7 Å².